The minimum Gasteiger partial charge on any atom is -0.362 e. The van der Waals surface area contributed by atoms with E-state index in [0.29, 0.717) is 17.1 Å². The average molecular weight is 242 g/mol. The molecule has 0 aliphatic heterocycles. The Bertz CT molecular complexity index is 714. The van der Waals surface area contributed by atoms with Crippen molar-refractivity contribution < 1.29 is 9.32 Å². The SMILES string of the molecule is Cc1nocc1NC(=O)c1n[nH]c2ccccc12. The van der Waals surface area contributed by atoms with Crippen molar-refractivity contribution in [3.63, 3.8) is 0 Å². The summed E-state index contributed by atoms with van der Waals surface area (Å²) in [7, 11) is 0. The Morgan fingerprint density at radius 2 is 2.22 bits per heavy atom. The van der Waals surface area contributed by atoms with Gasteiger partial charge in [0.05, 0.1) is 5.52 Å². The number of hydrogen-bond donors (Lipinski definition) is 2. The summed E-state index contributed by atoms with van der Waals surface area (Å²) in [5.74, 6) is -0.293. The second-order valence-corrected chi connectivity index (χ2v) is 3.89. The van der Waals surface area contributed by atoms with Gasteiger partial charge in [0, 0.05) is 5.39 Å². The van der Waals surface area contributed by atoms with Crippen molar-refractivity contribution in [1.82, 2.24) is 15.4 Å². The fourth-order valence-electron chi connectivity index (χ4n) is 1.73. The molecule has 3 rings (SSSR count). The maximum Gasteiger partial charge on any atom is 0.276 e. The first-order valence-electron chi connectivity index (χ1n) is 5.41. The predicted molar refractivity (Wildman–Crippen MR) is 65.3 cm³/mol. The van der Waals surface area contributed by atoms with Crippen molar-refractivity contribution in [2.24, 2.45) is 0 Å². The summed E-state index contributed by atoms with van der Waals surface area (Å²) in [4.78, 5) is 12.1. The molecule has 0 atom stereocenters. The van der Waals surface area contributed by atoms with Crippen LogP contribution in [0.4, 0.5) is 5.69 Å². The van der Waals surface area contributed by atoms with Crippen molar-refractivity contribution in [3.05, 3.63) is 41.9 Å². The first kappa shape index (κ1) is 10.5. The molecule has 0 radical (unpaired) electrons. The van der Waals surface area contributed by atoms with Crippen molar-refractivity contribution in [1.29, 1.82) is 0 Å². The Kier molecular flexibility index (Phi) is 2.33. The van der Waals surface area contributed by atoms with E-state index in [4.69, 9.17) is 4.52 Å². The van der Waals surface area contributed by atoms with Gasteiger partial charge in [0.1, 0.15) is 17.6 Å². The molecule has 1 aromatic carbocycles. The zero-order chi connectivity index (χ0) is 12.5. The van der Waals surface area contributed by atoms with Gasteiger partial charge in [-0.25, -0.2) is 0 Å². The van der Waals surface area contributed by atoms with E-state index in [1.54, 1.807) is 6.92 Å². The van der Waals surface area contributed by atoms with Crippen molar-refractivity contribution >= 4 is 22.5 Å². The van der Waals surface area contributed by atoms with Crippen LogP contribution in [0, 0.1) is 6.92 Å². The maximum absolute atomic E-state index is 12.1. The van der Waals surface area contributed by atoms with Crippen molar-refractivity contribution in [2.45, 2.75) is 6.92 Å². The predicted octanol–water partition coefficient (Wildman–Crippen LogP) is 2.11. The molecule has 2 aromatic heterocycles. The number of benzene rings is 1. The quantitative estimate of drug-likeness (QED) is 0.720. The summed E-state index contributed by atoms with van der Waals surface area (Å²) in [5, 5.41) is 14.0. The monoisotopic (exact) mass is 242 g/mol. The molecule has 0 unspecified atom stereocenters. The number of aryl methyl sites for hydroxylation is 1. The van der Waals surface area contributed by atoms with Crippen LogP contribution in [0.15, 0.2) is 35.1 Å². The van der Waals surface area contributed by atoms with E-state index in [1.807, 2.05) is 24.3 Å². The third-order valence-corrected chi connectivity index (χ3v) is 2.68. The molecule has 0 saturated heterocycles. The lowest BCUT2D eigenvalue weighted by Crippen LogP contribution is -2.13. The highest BCUT2D eigenvalue weighted by molar-refractivity contribution is 6.11. The molecule has 0 bridgehead atoms. The summed E-state index contributed by atoms with van der Waals surface area (Å²) in [6.07, 6.45) is 1.39. The minimum absolute atomic E-state index is 0.293. The Labute approximate surface area is 102 Å². The highest BCUT2D eigenvalue weighted by Crippen LogP contribution is 2.18. The van der Waals surface area contributed by atoms with E-state index >= 15 is 0 Å². The number of carbonyl (C=O) groups excluding carboxylic acids is 1. The number of H-pyrrole nitrogens is 1. The number of aromatic nitrogens is 3. The molecule has 2 heterocycles. The van der Waals surface area contributed by atoms with Crippen LogP contribution >= 0.6 is 0 Å². The van der Waals surface area contributed by atoms with Crippen LogP contribution < -0.4 is 5.32 Å². The average Bonchev–Trinajstić information content (AvgIpc) is 2.96. The fraction of sp³-hybridized carbons (Fsp3) is 0.0833. The van der Waals surface area contributed by atoms with Crippen molar-refractivity contribution in [3.8, 4) is 0 Å². The molecule has 0 spiro atoms. The third kappa shape index (κ3) is 1.64. The lowest BCUT2D eigenvalue weighted by Gasteiger charge is -1.99. The van der Waals surface area contributed by atoms with Crippen molar-refractivity contribution in [2.75, 3.05) is 5.32 Å². The Morgan fingerprint density at radius 1 is 1.39 bits per heavy atom. The van der Waals surface area contributed by atoms with Crippen LogP contribution in [0.3, 0.4) is 0 Å². The molecule has 0 aliphatic rings. The number of nitrogens with zero attached hydrogens (tertiary/aromatic N) is 2. The van der Waals surface area contributed by atoms with Gasteiger partial charge in [0.2, 0.25) is 0 Å². The topological polar surface area (TPSA) is 83.8 Å². The number of nitrogens with one attached hydrogen (secondary N) is 2. The second-order valence-electron chi connectivity index (χ2n) is 3.89. The molecule has 0 saturated carbocycles. The Hall–Kier alpha value is -2.63. The van der Waals surface area contributed by atoms with Gasteiger partial charge in [-0.1, -0.05) is 23.4 Å². The van der Waals surface area contributed by atoms with E-state index in [1.165, 1.54) is 6.26 Å². The van der Waals surface area contributed by atoms with Gasteiger partial charge in [-0.15, -0.1) is 0 Å². The number of fused-ring (bicyclic) bond motifs is 1. The minimum atomic E-state index is -0.293. The molecule has 0 fully saturated rings. The third-order valence-electron chi connectivity index (χ3n) is 2.68. The molecule has 3 aromatic rings. The van der Waals surface area contributed by atoms with E-state index in [2.05, 4.69) is 20.7 Å². The lowest BCUT2D eigenvalue weighted by molar-refractivity contribution is 0.102. The van der Waals surface area contributed by atoms with E-state index in [0.717, 1.165) is 10.9 Å². The van der Waals surface area contributed by atoms with E-state index in [-0.39, 0.29) is 5.91 Å². The molecule has 2 N–H and O–H groups in total. The summed E-state index contributed by atoms with van der Waals surface area (Å²) < 4.78 is 4.76. The fourth-order valence-corrected chi connectivity index (χ4v) is 1.73. The van der Waals surface area contributed by atoms with Gasteiger partial charge < -0.3 is 9.84 Å². The van der Waals surface area contributed by atoms with Gasteiger partial charge in [-0.2, -0.15) is 5.10 Å². The molecule has 0 aliphatic carbocycles. The number of aromatic amines is 1. The molecule has 6 nitrogen and oxygen atoms in total. The zero-order valence-corrected chi connectivity index (χ0v) is 9.60. The van der Waals surface area contributed by atoms with Crippen LogP contribution in [0.2, 0.25) is 0 Å². The van der Waals surface area contributed by atoms with Crippen LogP contribution in [0.5, 0.6) is 0 Å². The standard InChI is InChI=1S/C12H10N4O2/c1-7-10(6-18-16-7)13-12(17)11-8-4-2-3-5-9(8)14-15-11/h2-6H,1H3,(H,13,17)(H,14,15). The second kappa shape index (κ2) is 3.99. The van der Waals surface area contributed by atoms with E-state index in [9.17, 15) is 4.79 Å². The molecule has 1 amide bonds. The number of para-hydroxylation sites is 1. The largest absolute Gasteiger partial charge is 0.362 e. The summed E-state index contributed by atoms with van der Waals surface area (Å²) in [5.41, 5.74) is 2.35. The number of anilines is 1. The number of amides is 1. The molecule has 6 heteroatoms. The maximum atomic E-state index is 12.1. The first-order valence-corrected chi connectivity index (χ1v) is 5.41. The van der Waals surface area contributed by atoms with E-state index < -0.39 is 0 Å². The molecule has 90 valence electrons. The number of carbonyl (C=O) groups is 1. The molecular formula is C12H10N4O2. The molecule has 18 heavy (non-hydrogen) atoms. The van der Waals surface area contributed by atoms with Gasteiger partial charge in [-0.05, 0) is 13.0 Å². The normalized spacial score (nSPS) is 10.7. The van der Waals surface area contributed by atoms with Crippen LogP contribution in [-0.4, -0.2) is 21.3 Å². The Balaban J connectivity index is 1.95. The first-order chi connectivity index (χ1) is 8.75. The van der Waals surface area contributed by atoms with Crippen LogP contribution in [0.1, 0.15) is 16.2 Å². The van der Waals surface area contributed by atoms with Gasteiger partial charge >= 0.3 is 0 Å². The molecular weight excluding hydrogens is 232 g/mol. The summed E-state index contributed by atoms with van der Waals surface area (Å²) in [6, 6.07) is 7.45. The highest BCUT2D eigenvalue weighted by atomic mass is 16.5. The lowest BCUT2D eigenvalue weighted by atomic mass is 10.2. The summed E-state index contributed by atoms with van der Waals surface area (Å²) in [6.45, 7) is 1.75. The Morgan fingerprint density at radius 3 is 3.00 bits per heavy atom. The van der Waals surface area contributed by atoms with Gasteiger partial charge in [0.15, 0.2) is 5.69 Å². The number of hydrogen-bond acceptors (Lipinski definition) is 4. The van der Waals surface area contributed by atoms with Gasteiger partial charge in [0.25, 0.3) is 5.91 Å². The highest BCUT2D eigenvalue weighted by Gasteiger charge is 2.15. The summed E-state index contributed by atoms with van der Waals surface area (Å²) >= 11 is 0. The zero-order valence-electron chi connectivity index (χ0n) is 9.60. The van der Waals surface area contributed by atoms with Crippen LogP contribution in [0.25, 0.3) is 10.9 Å². The van der Waals surface area contributed by atoms with Gasteiger partial charge in [-0.3, -0.25) is 9.89 Å². The number of rotatable bonds is 2. The smallest absolute Gasteiger partial charge is 0.276 e. The van der Waals surface area contributed by atoms with Crippen LogP contribution in [-0.2, 0) is 0 Å².